The molecule has 0 saturated carbocycles. The summed E-state index contributed by atoms with van der Waals surface area (Å²) >= 11 is 0. The van der Waals surface area contributed by atoms with Gasteiger partial charge in [-0.05, 0) is 44.5 Å². The van der Waals surface area contributed by atoms with Gasteiger partial charge in [0.15, 0.2) is 0 Å². The largest absolute Gasteiger partial charge is 0.481 e. The molecule has 2 rings (SSSR count). The van der Waals surface area contributed by atoms with E-state index >= 15 is 0 Å². The molecule has 0 fully saturated rings. The van der Waals surface area contributed by atoms with Crippen LogP contribution in [0.3, 0.4) is 0 Å². The maximum atomic E-state index is 12.4. The predicted molar refractivity (Wildman–Crippen MR) is 85.3 cm³/mol. The summed E-state index contributed by atoms with van der Waals surface area (Å²) in [6, 6.07) is 8.73. The van der Waals surface area contributed by atoms with E-state index in [1.54, 1.807) is 24.3 Å². The molecule has 1 aromatic carbocycles. The number of carbonyl (C=O) groups is 2. The van der Waals surface area contributed by atoms with Crippen LogP contribution in [0.4, 0.5) is 5.69 Å². The van der Waals surface area contributed by atoms with E-state index in [1.807, 2.05) is 26.8 Å². The van der Waals surface area contributed by atoms with Crippen molar-refractivity contribution < 1.29 is 14.7 Å². The molecule has 0 saturated heterocycles. The van der Waals surface area contributed by atoms with Crippen molar-refractivity contribution in [1.82, 2.24) is 4.57 Å². The van der Waals surface area contributed by atoms with E-state index in [2.05, 4.69) is 9.88 Å². The maximum Gasteiger partial charge on any atom is 0.307 e. The van der Waals surface area contributed by atoms with Crippen LogP contribution in [0, 0.1) is 13.8 Å². The fourth-order valence-corrected chi connectivity index (χ4v) is 2.60. The number of aryl methyl sites for hydroxylation is 1. The summed E-state index contributed by atoms with van der Waals surface area (Å²) in [5.41, 5.74) is 4.02. The van der Waals surface area contributed by atoms with E-state index in [1.165, 1.54) is 0 Å². The Morgan fingerprint density at radius 1 is 1.18 bits per heavy atom. The minimum Gasteiger partial charge on any atom is -0.481 e. The molecule has 0 aliphatic heterocycles. The van der Waals surface area contributed by atoms with Gasteiger partial charge in [0.25, 0.3) is 5.91 Å². The molecule has 22 heavy (non-hydrogen) atoms. The number of carboxylic acids is 1. The third kappa shape index (κ3) is 3.36. The van der Waals surface area contributed by atoms with E-state index in [4.69, 9.17) is 5.11 Å². The number of hydrogen-bond donors (Lipinski definition) is 2. The Balaban J connectivity index is 2.13. The van der Waals surface area contributed by atoms with Crippen molar-refractivity contribution in [1.29, 1.82) is 0 Å². The van der Waals surface area contributed by atoms with Gasteiger partial charge in [0, 0.05) is 23.6 Å². The standard InChI is InChI=1S/C17H20N2O3/c1-4-19-11(2)9-15(12(19)3)17(22)18-14-7-5-13(6-8-14)10-16(20)21/h5-9H,4,10H2,1-3H3,(H,18,22)(H,20,21). The predicted octanol–water partition coefficient (Wildman–Crippen LogP) is 3.00. The van der Waals surface area contributed by atoms with Crippen LogP contribution in [-0.4, -0.2) is 21.6 Å². The molecule has 0 aliphatic carbocycles. The van der Waals surface area contributed by atoms with Crippen molar-refractivity contribution in [2.45, 2.75) is 33.7 Å². The van der Waals surface area contributed by atoms with Crippen LogP contribution >= 0.6 is 0 Å². The number of hydrogen-bond acceptors (Lipinski definition) is 2. The summed E-state index contributed by atoms with van der Waals surface area (Å²) in [6.07, 6.45) is -0.0219. The highest BCUT2D eigenvalue weighted by Crippen LogP contribution is 2.17. The second-order valence-corrected chi connectivity index (χ2v) is 5.25. The van der Waals surface area contributed by atoms with Crippen molar-refractivity contribution in [3.63, 3.8) is 0 Å². The lowest BCUT2D eigenvalue weighted by molar-refractivity contribution is -0.136. The van der Waals surface area contributed by atoms with E-state index in [9.17, 15) is 9.59 Å². The first-order chi connectivity index (χ1) is 10.4. The summed E-state index contributed by atoms with van der Waals surface area (Å²) in [5, 5.41) is 11.6. The van der Waals surface area contributed by atoms with Gasteiger partial charge in [0.05, 0.1) is 12.0 Å². The van der Waals surface area contributed by atoms with Crippen molar-refractivity contribution in [2.24, 2.45) is 0 Å². The Bertz CT molecular complexity index is 699. The molecule has 1 aromatic heterocycles. The third-order valence-electron chi connectivity index (χ3n) is 3.70. The maximum absolute atomic E-state index is 12.4. The molecule has 1 heterocycles. The highest BCUT2D eigenvalue weighted by atomic mass is 16.4. The Morgan fingerprint density at radius 3 is 2.32 bits per heavy atom. The summed E-state index contributed by atoms with van der Waals surface area (Å²) in [6.45, 7) is 6.78. The minimum atomic E-state index is -0.871. The SMILES string of the molecule is CCn1c(C)cc(C(=O)Nc2ccc(CC(=O)O)cc2)c1C. The number of amides is 1. The van der Waals surface area contributed by atoms with Crippen LogP contribution in [-0.2, 0) is 17.8 Å². The summed E-state index contributed by atoms with van der Waals surface area (Å²) in [4.78, 5) is 23.0. The summed E-state index contributed by atoms with van der Waals surface area (Å²) in [5.74, 6) is -1.03. The molecule has 5 nitrogen and oxygen atoms in total. The highest BCUT2D eigenvalue weighted by molar-refractivity contribution is 6.05. The zero-order valence-electron chi connectivity index (χ0n) is 13.0. The average molecular weight is 300 g/mol. The van der Waals surface area contributed by atoms with Gasteiger partial charge < -0.3 is 15.0 Å². The number of carbonyl (C=O) groups excluding carboxylic acids is 1. The zero-order chi connectivity index (χ0) is 16.3. The molecule has 1 amide bonds. The first-order valence-corrected chi connectivity index (χ1v) is 7.21. The topological polar surface area (TPSA) is 71.3 Å². The van der Waals surface area contributed by atoms with Crippen molar-refractivity contribution in [3.05, 3.63) is 52.8 Å². The van der Waals surface area contributed by atoms with Gasteiger partial charge in [-0.2, -0.15) is 0 Å². The number of nitrogens with one attached hydrogen (secondary N) is 1. The number of anilines is 1. The van der Waals surface area contributed by atoms with Gasteiger partial charge in [0.2, 0.25) is 0 Å². The molecule has 0 unspecified atom stereocenters. The molecule has 0 aliphatic rings. The van der Waals surface area contributed by atoms with Crippen LogP contribution < -0.4 is 5.32 Å². The quantitative estimate of drug-likeness (QED) is 0.891. The van der Waals surface area contributed by atoms with Crippen LogP contribution in [0.1, 0.15) is 34.2 Å². The number of aromatic nitrogens is 1. The molecular formula is C17H20N2O3. The first kappa shape index (κ1) is 15.8. The molecule has 116 valence electrons. The summed E-state index contributed by atoms with van der Waals surface area (Å²) < 4.78 is 2.09. The average Bonchev–Trinajstić information content (AvgIpc) is 2.75. The van der Waals surface area contributed by atoms with Crippen LogP contribution in [0.5, 0.6) is 0 Å². The highest BCUT2D eigenvalue weighted by Gasteiger charge is 2.15. The molecule has 0 atom stereocenters. The molecule has 2 N–H and O–H groups in total. The lowest BCUT2D eigenvalue weighted by Crippen LogP contribution is -2.13. The van der Waals surface area contributed by atoms with E-state index in [0.717, 1.165) is 17.9 Å². The van der Waals surface area contributed by atoms with Crippen LogP contribution in [0.2, 0.25) is 0 Å². The monoisotopic (exact) mass is 300 g/mol. The smallest absolute Gasteiger partial charge is 0.307 e. The van der Waals surface area contributed by atoms with Crippen molar-refractivity contribution >= 4 is 17.6 Å². The number of aliphatic carboxylic acids is 1. The fourth-order valence-electron chi connectivity index (χ4n) is 2.60. The second kappa shape index (κ2) is 6.47. The molecule has 0 spiro atoms. The zero-order valence-corrected chi connectivity index (χ0v) is 13.0. The van der Waals surface area contributed by atoms with Gasteiger partial charge in [0.1, 0.15) is 0 Å². The van der Waals surface area contributed by atoms with Gasteiger partial charge in [-0.1, -0.05) is 12.1 Å². The molecule has 0 bridgehead atoms. The van der Waals surface area contributed by atoms with E-state index in [-0.39, 0.29) is 12.3 Å². The van der Waals surface area contributed by atoms with Crippen LogP contribution in [0.15, 0.2) is 30.3 Å². The Hall–Kier alpha value is -2.56. The molecular weight excluding hydrogens is 280 g/mol. The fraction of sp³-hybridized carbons (Fsp3) is 0.294. The van der Waals surface area contributed by atoms with Gasteiger partial charge >= 0.3 is 5.97 Å². The Kier molecular flexibility index (Phi) is 4.65. The number of carboxylic acid groups (broad SMARTS) is 1. The third-order valence-corrected chi connectivity index (χ3v) is 3.70. The van der Waals surface area contributed by atoms with E-state index < -0.39 is 5.97 Å². The van der Waals surface area contributed by atoms with Gasteiger partial charge in [-0.15, -0.1) is 0 Å². The van der Waals surface area contributed by atoms with E-state index in [0.29, 0.717) is 16.8 Å². The Labute approximate surface area is 129 Å². The number of benzene rings is 1. The minimum absolute atomic E-state index is 0.0219. The van der Waals surface area contributed by atoms with Gasteiger partial charge in [-0.25, -0.2) is 0 Å². The van der Waals surface area contributed by atoms with Crippen LogP contribution in [0.25, 0.3) is 0 Å². The number of nitrogens with zero attached hydrogens (tertiary/aromatic N) is 1. The lowest BCUT2D eigenvalue weighted by Gasteiger charge is -2.07. The Morgan fingerprint density at radius 2 is 1.82 bits per heavy atom. The molecule has 2 aromatic rings. The lowest BCUT2D eigenvalue weighted by atomic mass is 10.1. The first-order valence-electron chi connectivity index (χ1n) is 7.21. The molecule has 5 heteroatoms. The van der Waals surface area contributed by atoms with Crippen molar-refractivity contribution in [3.8, 4) is 0 Å². The second-order valence-electron chi connectivity index (χ2n) is 5.25. The van der Waals surface area contributed by atoms with Gasteiger partial charge in [-0.3, -0.25) is 9.59 Å². The number of rotatable bonds is 5. The van der Waals surface area contributed by atoms with Crippen molar-refractivity contribution in [2.75, 3.05) is 5.32 Å². The normalized spacial score (nSPS) is 10.5. The summed E-state index contributed by atoms with van der Waals surface area (Å²) in [7, 11) is 0. The molecule has 0 radical (unpaired) electrons.